The van der Waals surface area contributed by atoms with Crippen LogP contribution in [-0.2, 0) is 14.3 Å². The minimum atomic E-state index is -0.455. The summed E-state index contributed by atoms with van der Waals surface area (Å²) in [6.07, 6.45) is 3.49. The second kappa shape index (κ2) is 8.02. The fourth-order valence-corrected chi connectivity index (χ4v) is 1.36. The van der Waals surface area contributed by atoms with Gasteiger partial charge in [0.2, 0.25) is 0 Å². The highest BCUT2D eigenvalue weighted by Crippen LogP contribution is 2.04. The first-order valence-electron chi connectivity index (χ1n) is 6.13. The number of pyridine rings is 1. The van der Waals surface area contributed by atoms with E-state index < -0.39 is 5.97 Å². The first kappa shape index (κ1) is 14.9. The van der Waals surface area contributed by atoms with Crippen molar-refractivity contribution in [1.82, 2.24) is 4.98 Å². The molecular weight excluding hydrogens is 246 g/mol. The lowest BCUT2D eigenvalue weighted by Crippen LogP contribution is -2.07. The van der Waals surface area contributed by atoms with Gasteiger partial charge in [0.25, 0.3) is 0 Å². The van der Waals surface area contributed by atoms with Gasteiger partial charge in [-0.25, -0.2) is 9.78 Å². The van der Waals surface area contributed by atoms with Gasteiger partial charge in [0.05, 0.1) is 25.3 Å². The maximum atomic E-state index is 11.5. The van der Waals surface area contributed by atoms with Gasteiger partial charge < -0.3 is 9.47 Å². The Kier molecular flexibility index (Phi) is 6.29. The number of aromatic nitrogens is 1. The summed E-state index contributed by atoms with van der Waals surface area (Å²) in [4.78, 5) is 26.7. The molecule has 0 aromatic carbocycles. The molecule has 0 saturated heterocycles. The van der Waals surface area contributed by atoms with E-state index in [1.165, 1.54) is 0 Å². The van der Waals surface area contributed by atoms with Gasteiger partial charge in [-0.2, -0.15) is 0 Å². The molecule has 0 aliphatic heterocycles. The molecule has 1 aromatic heterocycles. The Hall–Kier alpha value is -2.17. The zero-order valence-corrected chi connectivity index (χ0v) is 11.1. The molecule has 0 saturated carbocycles. The topological polar surface area (TPSA) is 65.5 Å². The van der Waals surface area contributed by atoms with Gasteiger partial charge in [-0.3, -0.25) is 4.79 Å². The maximum Gasteiger partial charge on any atom is 0.356 e. The van der Waals surface area contributed by atoms with Crippen LogP contribution in [0.2, 0.25) is 0 Å². The number of hydrogen-bond acceptors (Lipinski definition) is 5. The van der Waals surface area contributed by atoms with Crippen LogP contribution in [0, 0.1) is 0 Å². The van der Waals surface area contributed by atoms with E-state index >= 15 is 0 Å². The van der Waals surface area contributed by atoms with E-state index in [-0.39, 0.29) is 18.1 Å². The van der Waals surface area contributed by atoms with Crippen LogP contribution in [0.4, 0.5) is 0 Å². The van der Waals surface area contributed by atoms with Gasteiger partial charge in [-0.15, -0.1) is 0 Å². The predicted octanol–water partition coefficient (Wildman–Crippen LogP) is 2.22. The summed E-state index contributed by atoms with van der Waals surface area (Å²) < 4.78 is 9.65. The van der Waals surface area contributed by atoms with E-state index in [0.717, 1.165) is 0 Å². The Morgan fingerprint density at radius 2 is 1.95 bits per heavy atom. The van der Waals surface area contributed by atoms with E-state index in [2.05, 4.69) is 4.98 Å². The summed E-state index contributed by atoms with van der Waals surface area (Å²) in [5.41, 5.74) is 0.843. The van der Waals surface area contributed by atoms with Crippen molar-refractivity contribution in [3.05, 3.63) is 35.7 Å². The lowest BCUT2D eigenvalue weighted by molar-refractivity contribution is -0.142. The summed E-state index contributed by atoms with van der Waals surface area (Å²) in [6.45, 7) is 4.17. The van der Waals surface area contributed by atoms with Crippen LogP contribution in [0.5, 0.6) is 0 Å². The molecule has 0 spiro atoms. The molecule has 0 amide bonds. The average molecular weight is 263 g/mol. The van der Waals surface area contributed by atoms with E-state index in [1.54, 1.807) is 44.2 Å². The normalized spacial score (nSPS) is 10.4. The minimum Gasteiger partial charge on any atom is -0.466 e. The fraction of sp³-hybridized carbons (Fsp3) is 0.357. The van der Waals surface area contributed by atoms with E-state index in [4.69, 9.17) is 9.47 Å². The maximum absolute atomic E-state index is 11.5. The minimum absolute atomic E-state index is 0.180. The summed E-state index contributed by atoms with van der Waals surface area (Å²) in [7, 11) is 0. The molecule has 1 aromatic rings. The van der Waals surface area contributed by atoms with Crippen molar-refractivity contribution >= 4 is 18.0 Å². The SMILES string of the molecule is CCOC(=O)CC=Cc1cccc(C(=O)OCC)n1. The third-order valence-corrected chi connectivity index (χ3v) is 2.13. The van der Waals surface area contributed by atoms with Crippen molar-refractivity contribution in [3.63, 3.8) is 0 Å². The Bertz CT molecular complexity index is 468. The number of rotatable bonds is 6. The van der Waals surface area contributed by atoms with Crippen LogP contribution < -0.4 is 0 Å². The Morgan fingerprint density at radius 3 is 2.63 bits per heavy atom. The van der Waals surface area contributed by atoms with Gasteiger partial charge in [0.1, 0.15) is 5.69 Å². The monoisotopic (exact) mass is 263 g/mol. The molecule has 0 atom stereocenters. The van der Waals surface area contributed by atoms with Gasteiger partial charge in [-0.1, -0.05) is 12.1 Å². The number of esters is 2. The second-order valence-corrected chi connectivity index (χ2v) is 3.58. The molecule has 0 bridgehead atoms. The molecule has 5 heteroatoms. The molecule has 0 aliphatic carbocycles. The lowest BCUT2D eigenvalue weighted by Gasteiger charge is -2.01. The fourth-order valence-electron chi connectivity index (χ4n) is 1.36. The van der Waals surface area contributed by atoms with Crippen LogP contribution in [0.1, 0.15) is 36.5 Å². The Morgan fingerprint density at radius 1 is 1.21 bits per heavy atom. The first-order chi connectivity index (χ1) is 9.17. The first-order valence-corrected chi connectivity index (χ1v) is 6.13. The van der Waals surface area contributed by atoms with Gasteiger partial charge in [0, 0.05) is 0 Å². The number of carbonyl (C=O) groups is 2. The number of carbonyl (C=O) groups excluding carboxylic acids is 2. The Labute approximate surface area is 112 Å². The third kappa shape index (κ3) is 5.33. The molecule has 0 N–H and O–H groups in total. The smallest absolute Gasteiger partial charge is 0.356 e. The molecule has 0 aliphatic rings. The molecule has 19 heavy (non-hydrogen) atoms. The van der Waals surface area contributed by atoms with Crippen LogP contribution >= 0.6 is 0 Å². The van der Waals surface area contributed by atoms with Crippen LogP contribution in [0.3, 0.4) is 0 Å². The lowest BCUT2D eigenvalue weighted by atomic mass is 10.2. The van der Waals surface area contributed by atoms with Crippen molar-refractivity contribution in [1.29, 1.82) is 0 Å². The van der Waals surface area contributed by atoms with E-state index in [1.807, 2.05) is 0 Å². The van der Waals surface area contributed by atoms with Crippen molar-refractivity contribution in [2.24, 2.45) is 0 Å². The Balaban J connectivity index is 2.64. The summed E-state index contributed by atoms with van der Waals surface area (Å²) in [6, 6.07) is 5.04. The molecule has 0 unspecified atom stereocenters. The number of nitrogens with zero attached hydrogens (tertiary/aromatic N) is 1. The highest BCUT2D eigenvalue weighted by atomic mass is 16.5. The van der Waals surface area contributed by atoms with Gasteiger partial charge >= 0.3 is 11.9 Å². The molecule has 102 valence electrons. The molecule has 1 rings (SSSR count). The quantitative estimate of drug-likeness (QED) is 0.736. The largest absolute Gasteiger partial charge is 0.466 e. The van der Waals surface area contributed by atoms with E-state index in [0.29, 0.717) is 18.9 Å². The summed E-state index contributed by atoms with van der Waals surface area (Å²) in [5.74, 6) is -0.747. The van der Waals surface area contributed by atoms with E-state index in [9.17, 15) is 9.59 Å². The number of hydrogen-bond donors (Lipinski definition) is 0. The highest BCUT2D eigenvalue weighted by Gasteiger charge is 2.07. The van der Waals surface area contributed by atoms with Gasteiger partial charge in [-0.05, 0) is 32.1 Å². The number of ether oxygens (including phenoxy) is 2. The molecule has 0 radical (unpaired) electrons. The molecule has 1 heterocycles. The highest BCUT2D eigenvalue weighted by molar-refractivity contribution is 5.87. The standard InChI is InChI=1S/C14H17NO4/c1-3-18-13(16)10-6-8-11-7-5-9-12(15-11)14(17)19-4-2/h5-9H,3-4,10H2,1-2H3. The van der Waals surface area contributed by atoms with Crippen LogP contribution in [0.25, 0.3) is 6.08 Å². The van der Waals surface area contributed by atoms with Crippen molar-refractivity contribution in [2.75, 3.05) is 13.2 Å². The summed E-state index contributed by atoms with van der Waals surface area (Å²) in [5, 5.41) is 0. The summed E-state index contributed by atoms with van der Waals surface area (Å²) >= 11 is 0. The van der Waals surface area contributed by atoms with Crippen molar-refractivity contribution in [3.8, 4) is 0 Å². The third-order valence-electron chi connectivity index (χ3n) is 2.13. The zero-order valence-electron chi connectivity index (χ0n) is 11.1. The van der Waals surface area contributed by atoms with Crippen LogP contribution in [-0.4, -0.2) is 30.1 Å². The molecule has 5 nitrogen and oxygen atoms in total. The van der Waals surface area contributed by atoms with Crippen LogP contribution in [0.15, 0.2) is 24.3 Å². The zero-order chi connectivity index (χ0) is 14.1. The second-order valence-electron chi connectivity index (χ2n) is 3.58. The molecular formula is C14H17NO4. The average Bonchev–Trinajstić information content (AvgIpc) is 2.40. The van der Waals surface area contributed by atoms with Crippen molar-refractivity contribution < 1.29 is 19.1 Å². The van der Waals surface area contributed by atoms with Gasteiger partial charge in [0.15, 0.2) is 0 Å². The molecule has 0 fully saturated rings. The van der Waals surface area contributed by atoms with Crippen molar-refractivity contribution in [2.45, 2.75) is 20.3 Å². The predicted molar refractivity (Wildman–Crippen MR) is 70.5 cm³/mol.